The van der Waals surface area contributed by atoms with Crippen molar-refractivity contribution in [2.45, 2.75) is 103 Å². The van der Waals surface area contributed by atoms with Crippen LogP contribution in [0.4, 0.5) is 14.0 Å². The van der Waals surface area contributed by atoms with Crippen molar-refractivity contribution in [2.24, 2.45) is 16.8 Å². The van der Waals surface area contributed by atoms with Crippen molar-refractivity contribution in [3.63, 3.8) is 0 Å². The van der Waals surface area contributed by atoms with E-state index < -0.39 is 24.3 Å². The van der Waals surface area contributed by atoms with Gasteiger partial charge in [-0.25, -0.2) is 19.0 Å². The smallest absolute Gasteiger partial charge is 0.407 e. The molecular formula is C44H54FN7O7. The number of methoxy groups -OCH3 is 2. The average Bonchev–Trinajstić information content (AvgIpc) is 4.09. The van der Waals surface area contributed by atoms with Crippen molar-refractivity contribution in [1.82, 2.24) is 30.4 Å². The van der Waals surface area contributed by atoms with Crippen molar-refractivity contribution in [2.75, 3.05) is 27.3 Å². The molecule has 0 unspecified atom stereocenters. The molecule has 2 saturated heterocycles. The molecule has 59 heavy (non-hydrogen) atoms. The van der Waals surface area contributed by atoms with Gasteiger partial charge in [-0.05, 0) is 79.0 Å². The predicted molar refractivity (Wildman–Crippen MR) is 219 cm³/mol. The molecule has 5 heterocycles. The van der Waals surface area contributed by atoms with Gasteiger partial charge in [-0.15, -0.1) is 0 Å². The fraction of sp³-hybridized carbons (Fsp3) is 0.500. The Morgan fingerprint density at radius 1 is 0.864 bits per heavy atom. The van der Waals surface area contributed by atoms with Gasteiger partial charge in [0.25, 0.3) is 0 Å². The highest BCUT2D eigenvalue weighted by Crippen LogP contribution is 2.42. The maximum atomic E-state index is 15.9. The topological polar surface area (TPSA) is 168 Å². The monoisotopic (exact) mass is 811 g/mol. The Morgan fingerprint density at radius 2 is 1.47 bits per heavy atom. The number of nitrogens with zero attached hydrogens (tertiary/aromatic N) is 4. The van der Waals surface area contributed by atoms with Gasteiger partial charge in [0.2, 0.25) is 11.8 Å². The van der Waals surface area contributed by atoms with E-state index >= 15 is 4.39 Å². The first-order valence-corrected chi connectivity index (χ1v) is 20.7. The summed E-state index contributed by atoms with van der Waals surface area (Å²) in [7, 11) is 2.56. The van der Waals surface area contributed by atoms with Crippen LogP contribution in [0.1, 0.15) is 101 Å². The van der Waals surface area contributed by atoms with Crippen LogP contribution < -0.4 is 15.4 Å². The van der Waals surface area contributed by atoms with Gasteiger partial charge in [0, 0.05) is 54.5 Å². The van der Waals surface area contributed by atoms with Crippen LogP contribution in [-0.2, 0) is 25.5 Å². The lowest BCUT2D eigenvalue weighted by molar-refractivity contribution is -0.136. The summed E-state index contributed by atoms with van der Waals surface area (Å²) in [5, 5.41) is 5.46. The standard InChI is InChI=1S/C44H54FN7O7/c1-7-24(3)38(49-43(55)57-5)41(53)51-15-9-11-34(51)32-20-29(22-46-32)30-21-37-28(19-31(30)45)18-27-17-26(13-14-36(27)59-37)33-23-47-40(48-33)35-12-10-16-52(35)42(54)39(25(4)8-2)50-44(56)58-6/h13-14,17,19,21-25,34-35,38-39H,7-12,15-16,18,20H2,1-6H3,(H,47,48)(H,49,55)(H,50,56)/t24-,25-,34-,35-,38-,39-/m0/s1. The highest BCUT2D eigenvalue weighted by atomic mass is 19.1. The van der Waals surface area contributed by atoms with Crippen molar-refractivity contribution < 1.29 is 37.8 Å². The number of halogens is 1. The van der Waals surface area contributed by atoms with Crippen molar-refractivity contribution in [1.29, 1.82) is 0 Å². The molecule has 4 amide bonds. The third-order valence-electron chi connectivity index (χ3n) is 12.5. The number of nitrogens with one attached hydrogen (secondary N) is 3. The number of amides is 4. The molecule has 2 fully saturated rings. The average molecular weight is 812 g/mol. The molecule has 0 saturated carbocycles. The normalized spacial score (nSPS) is 20.3. The van der Waals surface area contributed by atoms with Crippen LogP contribution in [-0.4, -0.2) is 94.9 Å². The molecule has 6 atom stereocenters. The largest absolute Gasteiger partial charge is 0.457 e. The fourth-order valence-corrected chi connectivity index (χ4v) is 8.64. The number of rotatable bonds is 12. The van der Waals surface area contributed by atoms with Gasteiger partial charge in [0.05, 0.1) is 38.2 Å². The minimum Gasteiger partial charge on any atom is -0.457 e. The van der Waals surface area contributed by atoms with Gasteiger partial charge in [-0.1, -0.05) is 40.5 Å². The first-order chi connectivity index (χ1) is 28.4. The van der Waals surface area contributed by atoms with Gasteiger partial charge >= 0.3 is 12.2 Å². The van der Waals surface area contributed by atoms with Crippen LogP contribution in [0, 0.1) is 17.7 Å². The molecule has 0 radical (unpaired) electrons. The SMILES string of the molecule is CC[C@H](C)[C@H](NC(=O)OC)C(=O)N1CCC[C@H]1C1=NC=C(c2cc3c(cc2F)Cc2cc(-c4cnc([C@@H]5CCCN5C(=O)[C@@H](NC(=O)OC)[C@@H](C)CC)[nH]4)ccc2O3)C1. The summed E-state index contributed by atoms with van der Waals surface area (Å²) in [6, 6.07) is 7.19. The zero-order valence-electron chi connectivity index (χ0n) is 34.6. The van der Waals surface area contributed by atoms with Crippen LogP contribution in [0.2, 0.25) is 0 Å². The number of carbonyl (C=O) groups excluding carboxylic acids is 4. The van der Waals surface area contributed by atoms with E-state index in [0.717, 1.165) is 53.8 Å². The molecule has 0 aliphatic carbocycles. The predicted octanol–water partition coefficient (Wildman–Crippen LogP) is 7.29. The summed E-state index contributed by atoms with van der Waals surface area (Å²) < 4.78 is 31.9. The number of ether oxygens (including phenoxy) is 3. The summed E-state index contributed by atoms with van der Waals surface area (Å²) in [6.07, 6.45) is 7.52. The second kappa shape index (κ2) is 17.6. The number of imidazole rings is 1. The van der Waals surface area contributed by atoms with E-state index in [-0.39, 0.29) is 41.6 Å². The van der Waals surface area contributed by atoms with Crippen molar-refractivity contribution in [3.05, 3.63) is 71.1 Å². The summed E-state index contributed by atoms with van der Waals surface area (Å²) in [5.74, 6) is 1.04. The Balaban J connectivity index is 1.02. The quantitative estimate of drug-likeness (QED) is 0.134. The molecule has 3 N–H and O–H groups in total. The Hall–Kier alpha value is -5.73. The van der Waals surface area contributed by atoms with Gasteiger partial charge in [0.15, 0.2) is 0 Å². The third kappa shape index (κ3) is 8.42. The van der Waals surface area contributed by atoms with E-state index in [1.54, 1.807) is 28.3 Å². The van der Waals surface area contributed by atoms with Crippen LogP contribution in [0.3, 0.4) is 0 Å². The number of alkyl carbamates (subject to hydrolysis) is 2. The van der Waals surface area contributed by atoms with Crippen LogP contribution >= 0.6 is 0 Å². The van der Waals surface area contributed by atoms with Crippen LogP contribution in [0.25, 0.3) is 16.8 Å². The number of hydrogen-bond acceptors (Lipinski definition) is 9. The second-order valence-corrected chi connectivity index (χ2v) is 16.1. The van der Waals surface area contributed by atoms with E-state index in [4.69, 9.17) is 24.2 Å². The first-order valence-electron chi connectivity index (χ1n) is 20.7. The van der Waals surface area contributed by atoms with Gasteiger partial charge in [-0.2, -0.15) is 0 Å². The summed E-state index contributed by atoms with van der Waals surface area (Å²) in [4.78, 5) is 68.2. The lowest BCUT2D eigenvalue weighted by Gasteiger charge is -2.31. The lowest BCUT2D eigenvalue weighted by atomic mass is 9.93. The fourth-order valence-electron chi connectivity index (χ4n) is 8.64. The highest BCUT2D eigenvalue weighted by molar-refractivity contribution is 6.04. The van der Waals surface area contributed by atoms with Crippen molar-refractivity contribution in [3.8, 4) is 22.8 Å². The summed E-state index contributed by atoms with van der Waals surface area (Å²) >= 11 is 0. The lowest BCUT2D eigenvalue weighted by Crippen LogP contribution is -2.54. The number of benzene rings is 2. The Labute approximate surface area is 344 Å². The van der Waals surface area contributed by atoms with E-state index in [0.29, 0.717) is 67.2 Å². The number of hydrogen-bond donors (Lipinski definition) is 3. The molecule has 314 valence electrons. The van der Waals surface area contributed by atoms with E-state index in [1.165, 1.54) is 20.3 Å². The number of H-pyrrole nitrogens is 1. The maximum absolute atomic E-state index is 15.9. The maximum Gasteiger partial charge on any atom is 0.407 e. The van der Waals surface area contributed by atoms with Crippen molar-refractivity contribution >= 4 is 35.3 Å². The highest BCUT2D eigenvalue weighted by Gasteiger charge is 2.40. The van der Waals surface area contributed by atoms with E-state index in [9.17, 15) is 19.2 Å². The van der Waals surface area contributed by atoms with E-state index in [2.05, 4.69) is 15.6 Å². The van der Waals surface area contributed by atoms with Crippen LogP contribution in [0.15, 0.2) is 47.7 Å². The first kappa shape index (κ1) is 41.4. The molecular weight excluding hydrogens is 758 g/mol. The number of fused-ring (bicyclic) bond motifs is 2. The van der Waals surface area contributed by atoms with Gasteiger partial charge in [0.1, 0.15) is 35.2 Å². The van der Waals surface area contributed by atoms with E-state index in [1.807, 2.05) is 45.9 Å². The number of allylic oxidation sites excluding steroid dienone is 1. The minimum absolute atomic E-state index is 0.0844. The number of aromatic amines is 1. The second-order valence-electron chi connectivity index (χ2n) is 16.1. The number of aromatic nitrogens is 2. The summed E-state index contributed by atoms with van der Waals surface area (Å²) in [5.41, 5.74) is 5.19. The molecule has 3 aromatic rings. The zero-order valence-corrected chi connectivity index (χ0v) is 34.6. The molecule has 0 bridgehead atoms. The molecule has 2 aromatic carbocycles. The number of aliphatic imine (C=N–C) groups is 1. The van der Waals surface area contributed by atoms with Crippen LogP contribution in [0.5, 0.6) is 11.5 Å². The Bertz CT molecular complexity index is 2170. The molecule has 14 nitrogen and oxygen atoms in total. The Morgan fingerprint density at radius 3 is 2.10 bits per heavy atom. The molecule has 7 rings (SSSR count). The molecule has 1 aromatic heterocycles. The minimum atomic E-state index is -0.722. The van der Waals surface area contributed by atoms with Gasteiger partial charge < -0.3 is 39.6 Å². The molecule has 4 aliphatic heterocycles. The molecule has 4 aliphatic rings. The summed E-state index contributed by atoms with van der Waals surface area (Å²) in [6.45, 7) is 8.93. The molecule has 0 spiro atoms. The third-order valence-corrected chi connectivity index (χ3v) is 12.5. The Kier molecular flexibility index (Phi) is 12.4. The van der Waals surface area contributed by atoms with Gasteiger partial charge in [-0.3, -0.25) is 14.6 Å². The number of carbonyl (C=O) groups is 4. The number of likely N-dealkylation sites (tertiary alicyclic amines) is 2. The zero-order chi connectivity index (χ0) is 42.0. The molecule has 15 heteroatoms.